The number of Topliss-reactive ketones (excluding diaryl/α,β-unsaturated/α-hetero) is 1. The number of ketones is 1. The van der Waals surface area contributed by atoms with Gasteiger partial charge in [0.15, 0.2) is 5.78 Å². The van der Waals surface area contributed by atoms with Crippen LogP contribution in [-0.4, -0.2) is 12.8 Å². The molecule has 0 aromatic heterocycles. The molecule has 0 amide bonds. The molecule has 2 heteroatoms. The van der Waals surface area contributed by atoms with E-state index in [9.17, 15) is 4.79 Å². The van der Waals surface area contributed by atoms with E-state index in [4.69, 9.17) is 0 Å². The van der Waals surface area contributed by atoms with Gasteiger partial charge >= 0.3 is 0 Å². The Bertz CT molecular complexity index is 552. The minimum atomic E-state index is -0.317. The van der Waals surface area contributed by atoms with Gasteiger partial charge in [-0.05, 0) is 45.7 Å². The largest absolute Gasteiger partial charge is 0.351 e. The van der Waals surface area contributed by atoms with E-state index >= 15 is 0 Å². The van der Waals surface area contributed by atoms with Gasteiger partial charge in [-0.2, -0.15) is 0 Å². The van der Waals surface area contributed by atoms with Crippen LogP contribution in [0.25, 0.3) is 0 Å². The van der Waals surface area contributed by atoms with E-state index in [1.807, 2.05) is 55.4 Å². The van der Waals surface area contributed by atoms with E-state index in [0.717, 1.165) is 24.1 Å². The number of nitrogens with zero attached hydrogens (tertiary/aromatic N) is 1. The van der Waals surface area contributed by atoms with Gasteiger partial charge in [0.25, 0.3) is 0 Å². The molecular formula is C18H23NO. The number of para-hydroxylation sites is 1. The predicted molar refractivity (Wildman–Crippen MR) is 84.7 cm³/mol. The number of allylic oxidation sites excluding steroid dienone is 3. The van der Waals surface area contributed by atoms with Crippen LogP contribution < -0.4 is 4.90 Å². The van der Waals surface area contributed by atoms with E-state index in [2.05, 4.69) is 19.9 Å². The molecule has 1 fully saturated rings. The zero-order chi connectivity index (χ0) is 14.8. The smallest absolute Gasteiger partial charge is 0.169 e. The molecule has 0 bridgehead atoms. The van der Waals surface area contributed by atoms with Gasteiger partial charge in [0, 0.05) is 29.9 Å². The van der Waals surface area contributed by atoms with Gasteiger partial charge in [-0.15, -0.1) is 0 Å². The van der Waals surface area contributed by atoms with Crippen molar-refractivity contribution in [2.24, 2.45) is 5.41 Å². The summed E-state index contributed by atoms with van der Waals surface area (Å²) in [6.07, 6.45) is 5.86. The lowest BCUT2D eigenvalue weighted by Gasteiger charge is -2.18. The van der Waals surface area contributed by atoms with Gasteiger partial charge in [-0.1, -0.05) is 29.8 Å². The second-order valence-electron chi connectivity index (χ2n) is 6.07. The minimum Gasteiger partial charge on any atom is -0.351 e. The summed E-state index contributed by atoms with van der Waals surface area (Å²) in [6.45, 7) is 6.15. The van der Waals surface area contributed by atoms with Crippen LogP contribution in [0.4, 0.5) is 5.69 Å². The minimum absolute atomic E-state index is 0.265. The molecule has 1 aromatic rings. The van der Waals surface area contributed by atoms with E-state index in [1.165, 1.54) is 5.57 Å². The molecule has 0 aliphatic heterocycles. The van der Waals surface area contributed by atoms with E-state index in [0.29, 0.717) is 0 Å². The molecule has 20 heavy (non-hydrogen) atoms. The van der Waals surface area contributed by atoms with Crippen LogP contribution >= 0.6 is 0 Å². The molecule has 0 heterocycles. The zero-order valence-electron chi connectivity index (χ0n) is 12.8. The highest BCUT2D eigenvalue weighted by atomic mass is 16.1. The molecule has 0 saturated heterocycles. The fourth-order valence-corrected chi connectivity index (χ4v) is 2.86. The van der Waals surface area contributed by atoms with Crippen LogP contribution in [0.15, 0.2) is 53.8 Å². The van der Waals surface area contributed by atoms with E-state index < -0.39 is 0 Å². The van der Waals surface area contributed by atoms with Crippen molar-refractivity contribution < 1.29 is 4.79 Å². The summed E-state index contributed by atoms with van der Waals surface area (Å²) in [5.41, 5.74) is 2.92. The third-order valence-electron chi connectivity index (χ3n) is 3.84. The molecule has 1 atom stereocenters. The van der Waals surface area contributed by atoms with Gasteiger partial charge in [0.2, 0.25) is 0 Å². The Hall–Kier alpha value is -1.83. The highest BCUT2D eigenvalue weighted by molar-refractivity contribution is 6.03. The SMILES string of the molecule is CC(C)=CC1(C)CCC(=CN(C)c2ccccc2)C1=O. The van der Waals surface area contributed by atoms with Crippen LogP contribution in [0, 0.1) is 5.41 Å². The molecule has 1 aliphatic carbocycles. The van der Waals surface area contributed by atoms with Crippen molar-refractivity contribution in [3.05, 3.63) is 53.8 Å². The summed E-state index contributed by atoms with van der Waals surface area (Å²) < 4.78 is 0. The molecule has 2 nitrogen and oxygen atoms in total. The number of hydrogen-bond acceptors (Lipinski definition) is 2. The normalized spacial score (nSPS) is 24.0. The quantitative estimate of drug-likeness (QED) is 0.601. The first-order valence-corrected chi connectivity index (χ1v) is 7.12. The third-order valence-corrected chi connectivity index (χ3v) is 3.84. The first kappa shape index (κ1) is 14.6. The Kier molecular flexibility index (Phi) is 4.12. The van der Waals surface area contributed by atoms with Crippen LogP contribution in [0.2, 0.25) is 0 Å². The summed E-state index contributed by atoms with van der Waals surface area (Å²) in [6, 6.07) is 10.1. The Labute approximate surface area is 121 Å². The Morgan fingerprint density at radius 1 is 1.25 bits per heavy atom. The molecule has 1 aliphatic rings. The van der Waals surface area contributed by atoms with Gasteiger partial charge < -0.3 is 4.90 Å². The monoisotopic (exact) mass is 269 g/mol. The number of hydrogen-bond donors (Lipinski definition) is 0. The van der Waals surface area contributed by atoms with Crippen molar-refractivity contribution in [1.82, 2.24) is 0 Å². The summed E-state index contributed by atoms with van der Waals surface area (Å²) in [5.74, 6) is 0.265. The summed E-state index contributed by atoms with van der Waals surface area (Å²) >= 11 is 0. The topological polar surface area (TPSA) is 20.3 Å². The fourth-order valence-electron chi connectivity index (χ4n) is 2.86. The molecular weight excluding hydrogens is 246 g/mol. The third kappa shape index (κ3) is 3.01. The molecule has 0 N–H and O–H groups in total. The van der Waals surface area contributed by atoms with Crippen molar-refractivity contribution in [2.75, 3.05) is 11.9 Å². The highest BCUT2D eigenvalue weighted by Gasteiger charge is 2.38. The number of rotatable bonds is 3. The second kappa shape index (κ2) is 5.66. The van der Waals surface area contributed by atoms with E-state index in [-0.39, 0.29) is 11.2 Å². The molecule has 1 unspecified atom stereocenters. The average Bonchev–Trinajstić information content (AvgIpc) is 2.67. The van der Waals surface area contributed by atoms with Crippen LogP contribution in [0.1, 0.15) is 33.6 Å². The lowest BCUT2D eigenvalue weighted by Crippen LogP contribution is -2.21. The van der Waals surface area contributed by atoms with Gasteiger partial charge in [0.05, 0.1) is 0 Å². The summed E-state index contributed by atoms with van der Waals surface area (Å²) in [4.78, 5) is 14.6. The number of carbonyl (C=O) groups excluding carboxylic acids is 1. The number of benzene rings is 1. The number of anilines is 1. The molecule has 1 aromatic carbocycles. The standard InChI is InChI=1S/C18H23NO/c1-14(2)12-18(3)11-10-15(17(18)20)13-19(4)16-8-6-5-7-9-16/h5-9,12-13H,10-11H2,1-4H3. The molecule has 2 rings (SSSR count). The van der Waals surface area contributed by atoms with Gasteiger partial charge in [0.1, 0.15) is 0 Å². The van der Waals surface area contributed by atoms with Crippen molar-refractivity contribution in [1.29, 1.82) is 0 Å². The molecule has 0 radical (unpaired) electrons. The van der Waals surface area contributed by atoms with Crippen LogP contribution in [0.5, 0.6) is 0 Å². The number of carbonyl (C=O) groups is 1. The van der Waals surface area contributed by atoms with Crippen molar-refractivity contribution in [3.8, 4) is 0 Å². The van der Waals surface area contributed by atoms with Crippen LogP contribution in [-0.2, 0) is 4.79 Å². The lowest BCUT2D eigenvalue weighted by atomic mass is 9.85. The predicted octanol–water partition coefficient (Wildman–Crippen LogP) is 4.34. The zero-order valence-corrected chi connectivity index (χ0v) is 12.8. The lowest BCUT2D eigenvalue weighted by molar-refractivity contribution is -0.120. The Balaban J connectivity index is 2.21. The first-order chi connectivity index (χ1) is 9.42. The Morgan fingerprint density at radius 3 is 2.50 bits per heavy atom. The average molecular weight is 269 g/mol. The highest BCUT2D eigenvalue weighted by Crippen LogP contribution is 2.40. The van der Waals surface area contributed by atoms with Gasteiger partial charge in [-0.3, -0.25) is 4.79 Å². The van der Waals surface area contributed by atoms with Crippen molar-refractivity contribution in [2.45, 2.75) is 33.6 Å². The Morgan fingerprint density at radius 2 is 1.90 bits per heavy atom. The first-order valence-electron chi connectivity index (χ1n) is 7.12. The second-order valence-corrected chi connectivity index (χ2v) is 6.07. The van der Waals surface area contributed by atoms with E-state index in [1.54, 1.807) is 0 Å². The molecule has 1 saturated carbocycles. The maximum Gasteiger partial charge on any atom is 0.169 e. The fraction of sp³-hybridized carbons (Fsp3) is 0.389. The van der Waals surface area contributed by atoms with Gasteiger partial charge in [-0.25, -0.2) is 0 Å². The van der Waals surface area contributed by atoms with Crippen LogP contribution in [0.3, 0.4) is 0 Å². The maximum absolute atomic E-state index is 12.6. The summed E-state index contributed by atoms with van der Waals surface area (Å²) in [5, 5.41) is 0. The molecule has 106 valence electrons. The maximum atomic E-state index is 12.6. The summed E-state index contributed by atoms with van der Waals surface area (Å²) in [7, 11) is 1.99. The molecule has 0 spiro atoms. The van der Waals surface area contributed by atoms with Crippen molar-refractivity contribution >= 4 is 11.5 Å². The van der Waals surface area contributed by atoms with Crippen molar-refractivity contribution in [3.63, 3.8) is 0 Å².